The number of carbonyl (C=O) groups is 2. The van der Waals surface area contributed by atoms with Gasteiger partial charge >= 0.3 is 12.0 Å². The van der Waals surface area contributed by atoms with Crippen LogP contribution in [0.1, 0.15) is 55.8 Å². The molecular formula is C18H27N3O3. The lowest BCUT2D eigenvalue weighted by Crippen LogP contribution is -2.41. The van der Waals surface area contributed by atoms with E-state index in [1.165, 1.54) is 25.7 Å². The number of urea groups is 1. The maximum atomic E-state index is 11.6. The van der Waals surface area contributed by atoms with Gasteiger partial charge in [-0.1, -0.05) is 6.42 Å². The van der Waals surface area contributed by atoms with Crippen LogP contribution >= 0.6 is 0 Å². The first-order chi connectivity index (χ1) is 11.6. The predicted octanol–water partition coefficient (Wildman–Crippen LogP) is 3.03. The van der Waals surface area contributed by atoms with E-state index in [1.54, 1.807) is 31.2 Å². The molecule has 6 nitrogen and oxygen atoms in total. The fraction of sp³-hybridized carbons (Fsp3) is 0.556. The van der Waals surface area contributed by atoms with Crippen molar-refractivity contribution in [2.75, 3.05) is 11.9 Å². The number of hydrogen-bond acceptors (Lipinski definition) is 4. The number of esters is 1. The van der Waals surface area contributed by atoms with Gasteiger partial charge < -0.3 is 21.1 Å². The van der Waals surface area contributed by atoms with Crippen molar-refractivity contribution in [2.45, 2.75) is 57.5 Å². The zero-order valence-corrected chi connectivity index (χ0v) is 14.2. The van der Waals surface area contributed by atoms with E-state index in [0.29, 0.717) is 29.9 Å². The van der Waals surface area contributed by atoms with Gasteiger partial charge in [-0.2, -0.15) is 0 Å². The summed E-state index contributed by atoms with van der Waals surface area (Å²) in [4.78, 5) is 23.1. The summed E-state index contributed by atoms with van der Waals surface area (Å²) in [6.07, 6.45) is 7.17. The number of anilines is 1. The Morgan fingerprint density at radius 2 is 1.71 bits per heavy atom. The van der Waals surface area contributed by atoms with E-state index >= 15 is 0 Å². The molecule has 1 aromatic rings. The van der Waals surface area contributed by atoms with Gasteiger partial charge in [0, 0.05) is 17.8 Å². The Morgan fingerprint density at radius 1 is 1.12 bits per heavy atom. The van der Waals surface area contributed by atoms with Crippen molar-refractivity contribution in [1.82, 2.24) is 5.32 Å². The molecule has 0 spiro atoms. The van der Waals surface area contributed by atoms with Crippen molar-refractivity contribution in [1.29, 1.82) is 0 Å². The number of ether oxygens (including phenoxy) is 1. The third-order valence-electron chi connectivity index (χ3n) is 4.24. The van der Waals surface area contributed by atoms with Gasteiger partial charge in [-0.25, -0.2) is 9.59 Å². The number of nitrogens with one attached hydrogen (secondary N) is 2. The average molecular weight is 333 g/mol. The Morgan fingerprint density at radius 3 is 2.12 bits per heavy atom. The van der Waals surface area contributed by atoms with Crippen molar-refractivity contribution in [3.63, 3.8) is 0 Å². The number of benzene rings is 1. The topological polar surface area (TPSA) is 93.4 Å². The minimum absolute atomic E-state index is 0.200. The third kappa shape index (κ3) is 5.85. The molecule has 6 heteroatoms. The summed E-state index contributed by atoms with van der Waals surface area (Å²) < 4.78 is 4.89. The summed E-state index contributed by atoms with van der Waals surface area (Å²) in [5, 5.41) is 5.62. The van der Waals surface area contributed by atoms with E-state index in [0.717, 1.165) is 12.8 Å². The van der Waals surface area contributed by atoms with Crippen molar-refractivity contribution < 1.29 is 14.3 Å². The van der Waals surface area contributed by atoms with Gasteiger partial charge in [0.15, 0.2) is 0 Å². The standard InChI is InChI=1S/C14H18N2O3.C4H9N/c1-2-19-13(17)10-6-8-12(9-7-10)16-14(18)15-11-4-3-5-11;5-4-2-1-3-4/h6-9,11H,2-5H2,1H3,(H2,15,16,18);4H,1-3,5H2. The maximum absolute atomic E-state index is 11.6. The molecule has 2 amide bonds. The lowest BCUT2D eigenvalue weighted by molar-refractivity contribution is 0.0526. The van der Waals surface area contributed by atoms with Crippen molar-refractivity contribution in [3.8, 4) is 0 Å². The maximum Gasteiger partial charge on any atom is 0.338 e. The van der Waals surface area contributed by atoms with Crippen LogP contribution in [-0.2, 0) is 4.74 Å². The van der Waals surface area contributed by atoms with Crippen LogP contribution in [0, 0.1) is 0 Å². The molecule has 0 heterocycles. The van der Waals surface area contributed by atoms with Gasteiger partial charge in [-0.3, -0.25) is 0 Å². The second kappa shape index (κ2) is 9.27. The molecule has 24 heavy (non-hydrogen) atoms. The highest BCUT2D eigenvalue weighted by atomic mass is 16.5. The number of carbonyl (C=O) groups excluding carboxylic acids is 2. The van der Waals surface area contributed by atoms with Crippen molar-refractivity contribution in [2.24, 2.45) is 5.73 Å². The van der Waals surface area contributed by atoms with E-state index in [-0.39, 0.29) is 12.0 Å². The van der Waals surface area contributed by atoms with Gasteiger partial charge in [-0.15, -0.1) is 0 Å². The monoisotopic (exact) mass is 333 g/mol. The van der Waals surface area contributed by atoms with Crippen LogP contribution in [0.4, 0.5) is 10.5 Å². The third-order valence-corrected chi connectivity index (χ3v) is 4.24. The normalized spacial score (nSPS) is 16.8. The zero-order chi connectivity index (χ0) is 17.4. The van der Waals surface area contributed by atoms with Crippen LogP contribution in [0.3, 0.4) is 0 Å². The number of rotatable bonds is 4. The first-order valence-corrected chi connectivity index (χ1v) is 8.68. The molecular weight excluding hydrogens is 306 g/mol. The molecule has 2 fully saturated rings. The second-order valence-corrected chi connectivity index (χ2v) is 6.22. The van der Waals surface area contributed by atoms with Crippen LogP contribution < -0.4 is 16.4 Å². The summed E-state index contributed by atoms with van der Waals surface area (Å²) in [5.74, 6) is -0.354. The SMILES string of the molecule is CCOC(=O)c1ccc(NC(=O)NC2CCC2)cc1.NC1CCC1. The molecule has 0 atom stereocenters. The first-order valence-electron chi connectivity index (χ1n) is 8.68. The Labute approximate surface area is 143 Å². The number of hydrogen-bond donors (Lipinski definition) is 3. The minimum atomic E-state index is -0.354. The molecule has 0 unspecified atom stereocenters. The van der Waals surface area contributed by atoms with Crippen LogP contribution in [0.5, 0.6) is 0 Å². The van der Waals surface area contributed by atoms with Gasteiger partial charge in [-0.05, 0) is 63.3 Å². The van der Waals surface area contributed by atoms with Crippen LogP contribution in [0.25, 0.3) is 0 Å². The Bertz CT molecular complexity index is 537. The Balaban J connectivity index is 0.000000355. The summed E-state index contributed by atoms with van der Waals surface area (Å²) >= 11 is 0. The van der Waals surface area contributed by atoms with Crippen LogP contribution in [-0.4, -0.2) is 30.7 Å². The predicted molar refractivity (Wildman–Crippen MR) is 94.0 cm³/mol. The van der Waals surface area contributed by atoms with Crippen molar-refractivity contribution >= 4 is 17.7 Å². The highest BCUT2D eigenvalue weighted by molar-refractivity contribution is 5.92. The second-order valence-electron chi connectivity index (χ2n) is 6.22. The number of nitrogens with two attached hydrogens (primary N) is 1. The Hall–Kier alpha value is -2.08. The molecule has 0 aromatic heterocycles. The molecule has 132 valence electrons. The van der Waals surface area contributed by atoms with Gasteiger partial charge in [0.2, 0.25) is 0 Å². The van der Waals surface area contributed by atoms with E-state index in [1.807, 2.05) is 0 Å². The lowest BCUT2D eigenvalue weighted by atomic mass is 9.93. The van der Waals surface area contributed by atoms with E-state index in [4.69, 9.17) is 10.5 Å². The highest BCUT2D eigenvalue weighted by Crippen LogP contribution is 2.18. The van der Waals surface area contributed by atoms with Gasteiger partial charge in [0.05, 0.1) is 12.2 Å². The minimum Gasteiger partial charge on any atom is -0.462 e. The van der Waals surface area contributed by atoms with Gasteiger partial charge in [0.25, 0.3) is 0 Å². The van der Waals surface area contributed by atoms with Crippen LogP contribution in [0.15, 0.2) is 24.3 Å². The largest absolute Gasteiger partial charge is 0.462 e. The molecule has 0 radical (unpaired) electrons. The summed E-state index contributed by atoms with van der Waals surface area (Å²) in [5.41, 5.74) is 6.51. The zero-order valence-electron chi connectivity index (χ0n) is 14.2. The van der Waals surface area contributed by atoms with E-state index < -0.39 is 0 Å². The van der Waals surface area contributed by atoms with Crippen molar-refractivity contribution in [3.05, 3.63) is 29.8 Å². The molecule has 2 aliphatic carbocycles. The molecule has 0 aliphatic heterocycles. The molecule has 0 saturated heterocycles. The molecule has 2 aliphatic rings. The summed E-state index contributed by atoms with van der Waals surface area (Å²) in [6, 6.07) is 7.31. The summed E-state index contributed by atoms with van der Waals surface area (Å²) in [6.45, 7) is 2.11. The molecule has 0 bridgehead atoms. The fourth-order valence-corrected chi connectivity index (χ4v) is 2.25. The molecule has 4 N–H and O–H groups in total. The van der Waals surface area contributed by atoms with Crippen LogP contribution in [0.2, 0.25) is 0 Å². The summed E-state index contributed by atoms with van der Waals surface area (Å²) in [7, 11) is 0. The fourth-order valence-electron chi connectivity index (χ4n) is 2.25. The Kier molecular flexibility index (Phi) is 7.06. The quantitative estimate of drug-likeness (QED) is 0.738. The highest BCUT2D eigenvalue weighted by Gasteiger charge is 2.19. The lowest BCUT2D eigenvalue weighted by Gasteiger charge is -2.26. The smallest absolute Gasteiger partial charge is 0.338 e. The van der Waals surface area contributed by atoms with Gasteiger partial charge in [0.1, 0.15) is 0 Å². The molecule has 1 aromatic carbocycles. The molecule has 3 rings (SSSR count). The number of amides is 2. The van der Waals surface area contributed by atoms with E-state index in [2.05, 4.69) is 10.6 Å². The molecule has 2 saturated carbocycles. The average Bonchev–Trinajstić information content (AvgIpc) is 2.50. The first kappa shape index (κ1) is 18.3. The van der Waals surface area contributed by atoms with E-state index in [9.17, 15) is 9.59 Å².